The van der Waals surface area contributed by atoms with Crippen LogP contribution in [-0.2, 0) is 14.6 Å². The first-order valence-corrected chi connectivity index (χ1v) is 9.35. The number of anilines is 1. The molecule has 26 heavy (non-hydrogen) atoms. The second kappa shape index (κ2) is 7.06. The normalized spacial score (nSPS) is 13.5. The van der Waals surface area contributed by atoms with Crippen molar-refractivity contribution in [3.63, 3.8) is 0 Å². The maximum Gasteiger partial charge on any atom is 0.405 e. The average Bonchev–Trinajstić information content (AvgIpc) is 2.92. The van der Waals surface area contributed by atoms with Gasteiger partial charge in [-0.2, -0.15) is 18.3 Å². The van der Waals surface area contributed by atoms with E-state index in [0.717, 1.165) is 4.90 Å². The first-order chi connectivity index (χ1) is 11.9. The van der Waals surface area contributed by atoms with Crippen LogP contribution in [0.25, 0.3) is 5.69 Å². The second-order valence-electron chi connectivity index (χ2n) is 5.77. The predicted molar refractivity (Wildman–Crippen MR) is 88.8 cm³/mol. The van der Waals surface area contributed by atoms with Crippen molar-refractivity contribution in [3.05, 3.63) is 36.4 Å². The summed E-state index contributed by atoms with van der Waals surface area (Å²) in [5.41, 5.74) is 1.27. The van der Waals surface area contributed by atoms with E-state index in [2.05, 4.69) is 10.1 Å². The summed E-state index contributed by atoms with van der Waals surface area (Å²) in [5.74, 6) is -0.980. The molecule has 1 atom stereocenters. The van der Waals surface area contributed by atoms with Crippen LogP contribution in [0.5, 0.6) is 0 Å². The van der Waals surface area contributed by atoms with E-state index in [1.807, 2.05) is 0 Å². The number of hydrogen-bond acceptors (Lipinski definition) is 5. The van der Waals surface area contributed by atoms with Gasteiger partial charge in [-0.3, -0.25) is 9.78 Å². The largest absolute Gasteiger partial charge is 0.405 e. The number of rotatable bonds is 5. The fraction of sp³-hybridized carbons (Fsp3) is 0.400. The lowest BCUT2D eigenvalue weighted by molar-refractivity contribution is -0.139. The third kappa shape index (κ3) is 4.40. The maximum atomic E-state index is 13.0. The van der Waals surface area contributed by atoms with E-state index in [-0.39, 0.29) is 5.69 Å². The SMILES string of the molecule is Cc1nn(-c2cccnc2)cc1N(C)C(=O)CC(C(F)(F)F)S(C)(=O)=O. The second-order valence-corrected chi connectivity index (χ2v) is 8.00. The van der Waals surface area contributed by atoms with Crippen LogP contribution in [0.4, 0.5) is 18.9 Å². The minimum atomic E-state index is -5.03. The van der Waals surface area contributed by atoms with Gasteiger partial charge in [-0.25, -0.2) is 13.1 Å². The third-order valence-electron chi connectivity index (χ3n) is 3.76. The van der Waals surface area contributed by atoms with E-state index in [1.54, 1.807) is 25.3 Å². The van der Waals surface area contributed by atoms with Crippen LogP contribution in [0, 0.1) is 6.92 Å². The van der Waals surface area contributed by atoms with Crippen LogP contribution in [0.3, 0.4) is 0 Å². The summed E-state index contributed by atoms with van der Waals surface area (Å²) in [6, 6.07) is 3.40. The summed E-state index contributed by atoms with van der Waals surface area (Å²) in [5, 5.41) is 1.45. The van der Waals surface area contributed by atoms with Gasteiger partial charge in [0.15, 0.2) is 15.1 Å². The van der Waals surface area contributed by atoms with Crippen molar-refractivity contribution in [3.8, 4) is 5.69 Å². The number of halogens is 3. The number of carbonyl (C=O) groups is 1. The van der Waals surface area contributed by atoms with Gasteiger partial charge in [-0.15, -0.1) is 0 Å². The minimum Gasteiger partial charge on any atom is -0.312 e. The van der Waals surface area contributed by atoms with E-state index < -0.39 is 33.6 Å². The Hall–Kier alpha value is -2.43. The zero-order valence-electron chi connectivity index (χ0n) is 14.2. The molecule has 2 rings (SSSR count). The number of aryl methyl sites for hydroxylation is 1. The Labute approximate surface area is 148 Å². The van der Waals surface area contributed by atoms with Crippen molar-refractivity contribution in [2.45, 2.75) is 24.8 Å². The van der Waals surface area contributed by atoms with Crippen molar-refractivity contribution >= 4 is 21.4 Å². The molecule has 0 radical (unpaired) electrons. The topological polar surface area (TPSA) is 85.2 Å². The first-order valence-electron chi connectivity index (χ1n) is 7.40. The summed E-state index contributed by atoms with van der Waals surface area (Å²) in [6.07, 6.45) is -1.20. The number of pyridine rings is 1. The lowest BCUT2D eigenvalue weighted by Crippen LogP contribution is -2.41. The molecule has 0 spiro atoms. The molecule has 0 aliphatic heterocycles. The number of aromatic nitrogens is 3. The monoisotopic (exact) mass is 390 g/mol. The molecule has 2 heterocycles. The van der Waals surface area contributed by atoms with Crippen LogP contribution in [-0.4, -0.2) is 53.8 Å². The van der Waals surface area contributed by atoms with Crippen LogP contribution < -0.4 is 4.90 Å². The number of carbonyl (C=O) groups excluding carboxylic acids is 1. The van der Waals surface area contributed by atoms with Crippen molar-refractivity contribution < 1.29 is 26.4 Å². The average molecular weight is 390 g/mol. The molecule has 0 aliphatic carbocycles. The molecular formula is C15H17F3N4O3S. The molecule has 1 unspecified atom stereocenters. The molecule has 0 bridgehead atoms. The fourth-order valence-corrected chi connectivity index (χ4v) is 3.27. The van der Waals surface area contributed by atoms with Gasteiger partial charge in [0.2, 0.25) is 5.91 Å². The summed E-state index contributed by atoms with van der Waals surface area (Å²) >= 11 is 0. The molecule has 1 amide bonds. The van der Waals surface area contributed by atoms with Crippen molar-refractivity contribution in [2.24, 2.45) is 0 Å². The van der Waals surface area contributed by atoms with Gasteiger partial charge >= 0.3 is 6.18 Å². The number of sulfone groups is 1. The Bertz CT molecular complexity index is 895. The zero-order chi connectivity index (χ0) is 19.7. The van der Waals surface area contributed by atoms with Crippen molar-refractivity contribution in [1.29, 1.82) is 0 Å². The van der Waals surface area contributed by atoms with Crippen LogP contribution >= 0.6 is 0 Å². The van der Waals surface area contributed by atoms with Gasteiger partial charge in [0, 0.05) is 19.5 Å². The van der Waals surface area contributed by atoms with Crippen molar-refractivity contribution in [1.82, 2.24) is 14.8 Å². The molecule has 2 aromatic heterocycles. The van der Waals surface area contributed by atoms with Crippen LogP contribution in [0.2, 0.25) is 0 Å². The zero-order valence-corrected chi connectivity index (χ0v) is 15.0. The van der Waals surface area contributed by atoms with Crippen LogP contribution in [0.1, 0.15) is 12.1 Å². The Kier molecular flexibility index (Phi) is 5.40. The smallest absolute Gasteiger partial charge is 0.312 e. The first kappa shape index (κ1) is 19.9. The molecule has 142 valence electrons. The van der Waals surface area contributed by atoms with Gasteiger partial charge < -0.3 is 4.90 Å². The number of alkyl halides is 3. The molecule has 11 heteroatoms. The van der Waals surface area contributed by atoms with Gasteiger partial charge in [-0.1, -0.05) is 0 Å². The Morgan fingerprint density at radius 2 is 2.04 bits per heavy atom. The molecule has 0 aliphatic rings. The van der Waals surface area contributed by atoms with E-state index in [1.165, 1.54) is 24.1 Å². The molecule has 0 fully saturated rings. The third-order valence-corrected chi connectivity index (χ3v) is 5.23. The Balaban J connectivity index is 2.27. The predicted octanol–water partition coefficient (Wildman–Crippen LogP) is 1.90. The number of hydrogen-bond donors (Lipinski definition) is 0. The molecule has 0 N–H and O–H groups in total. The van der Waals surface area contributed by atoms with E-state index >= 15 is 0 Å². The van der Waals surface area contributed by atoms with Crippen LogP contribution in [0.15, 0.2) is 30.7 Å². The Morgan fingerprint density at radius 1 is 1.38 bits per heavy atom. The molecular weight excluding hydrogens is 373 g/mol. The molecule has 2 aromatic rings. The minimum absolute atomic E-state index is 0.272. The molecule has 7 nitrogen and oxygen atoms in total. The summed E-state index contributed by atoms with van der Waals surface area (Å²) in [6.45, 7) is 1.59. The number of amides is 1. The highest BCUT2D eigenvalue weighted by molar-refractivity contribution is 7.91. The standard InChI is InChI=1S/C15H17F3N4O3S/c1-10-12(9-22(20-10)11-5-4-6-19-8-11)21(2)14(23)7-13(15(16,17)18)26(3,24)25/h4-6,8-9,13H,7H2,1-3H3. The summed E-state index contributed by atoms with van der Waals surface area (Å²) in [7, 11) is -3.21. The summed E-state index contributed by atoms with van der Waals surface area (Å²) in [4.78, 5) is 17.2. The van der Waals surface area contributed by atoms with E-state index in [9.17, 15) is 26.4 Å². The van der Waals surface area contributed by atoms with Gasteiger partial charge in [0.1, 0.15) is 0 Å². The number of nitrogens with zero attached hydrogens (tertiary/aromatic N) is 4. The molecule has 0 saturated carbocycles. The molecule has 0 aromatic carbocycles. The molecule has 0 saturated heterocycles. The highest BCUT2D eigenvalue weighted by Gasteiger charge is 2.48. The van der Waals surface area contributed by atoms with E-state index in [4.69, 9.17) is 0 Å². The lowest BCUT2D eigenvalue weighted by Gasteiger charge is -2.22. The maximum absolute atomic E-state index is 13.0. The summed E-state index contributed by atoms with van der Waals surface area (Å²) < 4.78 is 63.2. The fourth-order valence-electron chi connectivity index (χ4n) is 2.34. The Morgan fingerprint density at radius 3 is 2.54 bits per heavy atom. The van der Waals surface area contributed by atoms with Gasteiger partial charge in [0.05, 0.1) is 35.9 Å². The quantitative estimate of drug-likeness (QED) is 0.779. The van der Waals surface area contributed by atoms with Gasteiger partial charge in [0.25, 0.3) is 0 Å². The lowest BCUT2D eigenvalue weighted by atomic mass is 10.2. The van der Waals surface area contributed by atoms with Gasteiger partial charge in [-0.05, 0) is 19.1 Å². The highest BCUT2D eigenvalue weighted by Crippen LogP contribution is 2.29. The highest BCUT2D eigenvalue weighted by atomic mass is 32.2. The van der Waals surface area contributed by atoms with Crippen molar-refractivity contribution in [2.75, 3.05) is 18.2 Å². The van der Waals surface area contributed by atoms with E-state index in [0.29, 0.717) is 17.6 Å².